The Morgan fingerprint density at radius 1 is 1.03 bits per heavy atom. The van der Waals surface area contributed by atoms with Gasteiger partial charge < -0.3 is 15.0 Å². The topological polar surface area (TPSA) is 41.6 Å². The lowest BCUT2D eigenvalue weighted by atomic mass is 9.75. The van der Waals surface area contributed by atoms with Gasteiger partial charge in [-0.25, -0.2) is 0 Å². The van der Waals surface area contributed by atoms with Crippen LogP contribution in [-0.4, -0.2) is 31.0 Å². The van der Waals surface area contributed by atoms with Crippen LogP contribution >= 0.6 is 0 Å². The summed E-state index contributed by atoms with van der Waals surface area (Å²) in [5.41, 5.74) is 4.23. The van der Waals surface area contributed by atoms with Crippen LogP contribution in [0.1, 0.15) is 59.6 Å². The first-order chi connectivity index (χ1) is 16.7. The number of hydrogen-bond acceptors (Lipinski definition) is 3. The van der Waals surface area contributed by atoms with E-state index in [1.165, 1.54) is 21.9 Å². The Kier molecular flexibility index (Phi) is 5.32. The number of piperidine rings is 1. The quantitative estimate of drug-likeness (QED) is 0.458. The molecule has 1 fully saturated rings. The number of amides is 1. The minimum Gasteiger partial charge on any atom is -0.496 e. The molecule has 1 aliphatic carbocycles. The van der Waals surface area contributed by atoms with Gasteiger partial charge in [-0.1, -0.05) is 61.5 Å². The van der Waals surface area contributed by atoms with E-state index in [-0.39, 0.29) is 11.9 Å². The standard InChI is InChI=1S/C30H32N2O2/c1-19-15-17-32(18-16-19)30(33)25-12-6-10-23-22-9-5-11-24(22)29(31-28(23)25)27-21-8-4-3-7-20(21)13-14-26(27)34-2/h3-10,12-14,19,22,24,29,31H,11,15-18H2,1-2H3. The number of methoxy groups -OCH3 is 1. The highest BCUT2D eigenvalue weighted by molar-refractivity contribution is 6.01. The molecular weight excluding hydrogens is 420 g/mol. The molecule has 34 heavy (non-hydrogen) atoms. The van der Waals surface area contributed by atoms with Crippen molar-refractivity contribution in [2.45, 2.75) is 38.1 Å². The fraction of sp³-hybridized carbons (Fsp3) is 0.367. The van der Waals surface area contributed by atoms with Crippen molar-refractivity contribution >= 4 is 22.4 Å². The molecule has 0 radical (unpaired) electrons. The number of nitrogens with zero attached hydrogens (tertiary/aromatic N) is 1. The summed E-state index contributed by atoms with van der Waals surface area (Å²) >= 11 is 0. The Balaban J connectivity index is 1.47. The average molecular weight is 453 g/mol. The molecule has 4 heteroatoms. The number of anilines is 1. The molecule has 6 rings (SSSR count). The van der Waals surface area contributed by atoms with Gasteiger partial charge in [0.1, 0.15) is 5.75 Å². The van der Waals surface area contributed by atoms with Crippen LogP contribution in [-0.2, 0) is 0 Å². The number of allylic oxidation sites excluding steroid dienone is 2. The van der Waals surface area contributed by atoms with Gasteiger partial charge in [0.2, 0.25) is 0 Å². The van der Waals surface area contributed by atoms with Gasteiger partial charge in [0, 0.05) is 24.6 Å². The molecule has 174 valence electrons. The van der Waals surface area contributed by atoms with E-state index in [4.69, 9.17) is 4.74 Å². The molecule has 0 bridgehead atoms. The van der Waals surface area contributed by atoms with E-state index in [0.29, 0.717) is 17.8 Å². The van der Waals surface area contributed by atoms with Crippen LogP contribution in [0.4, 0.5) is 5.69 Å². The summed E-state index contributed by atoms with van der Waals surface area (Å²) < 4.78 is 5.89. The summed E-state index contributed by atoms with van der Waals surface area (Å²) in [6.45, 7) is 3.97. The van der Waals surface area contributed by atoms with E-state index in [1.54, 1.807) is 7.11 Å². The average Bonchev–Trinajstić information content (AvgIpc) is 3.38. The number of hydrogen-bond donors (Lipinski definition) is 1. The Labute approximate surface area is 201 Å². The highest BCUT2D eigenvalue weighted by Crippen LogP contribution is 2.53. The molecule has 2 aliphatic heterocycles. The van der Waals surface area contributed by atoms with Crippen molar-refractivity contribution in [2.75, 3.05) is 25.5 Å². The first kappa shape index (κ1) is 21.3. The fourth-order valence-corrected chi connectivity index (χ4v) is 6.24. The van der Waals surface area contributed by atoms with E-state index < -0.39 is 0 Å². The van der Waals surface area contributed by atoms with Gasteiger partial charge >= 0.3 is 0 Å². The Morgan fingerprint density at radius 3 is 2.68 bits per heavy atom. The second-order valence-corrected chi connectivity index (χ2v) is 10.1. The first-order valence-electron chi connectivity index (χ1n) is 12.6. The van der Waals surface area contributed by atoms with Crippen molar-refractivity contribution in [3.63, 3.8) is 0 Å². The third kappa shape index (κ3) is 3.39. The number of likely N-dealkylation sites (tertiary alicyclic amines) is 1. The van der Waals surface area contributed by atoms with Crippen LogP contribution in [0.5, 0.6) is 5.75 Å². The number of para-hydroxylation sites is 1. The molecule has 3 aliphatic rings. The second kappa shape index (κ2) is 8.50. The first-order valence-corrected chi connectivity index (χ1v) is 12.6. The predicted octanol–water partition coefficient (Wildman–Crippen LogP) is 6.55. The van der Waals surface area contributed by atoms with Gasteiger partial charge in [-0.15, -0.1) is 0 Å². The van der Waals surface area contributed by atoms with E-state index in [2.05, 4.69) is 72.9 Å². The molecule has 0 aromatic heterocycles. The van der Waals surface area contributed by atoms with E-state index in [1.807, 2.05) is 11.0 Å². The fourth-order valence-electron chi connectivity index (χ4n) is 6.24. The number of nitrogens with one attached hydrogen (secondary N) is 1. The summed E-state index contributed by atoms with van der Waals surface area (Å²) in [7, 11) is 1.75. The lowest BCUT2D eigenvalue weighted by molar-refractivity contribution is 0.0698. The van der Waals surface area contributed by atoms with Crippen molar-refractivity contribution in [3.05, 3.63) is 83.4 Å². The zero-order valence-corrected chi connectivity index (χ0v) is 20.0. The highest BCUT2D eigenvalue weighted by atomic mass is 16.5. The van der Waals surface area contributed by atoms with Gasteiger partial charge in [0.15, 0.2) is 0 Å². The molecule has 3 atom stereocenters. The minimum atomic E-state index is 0.0591. The number of carbonyl (C=O) groups is 1. The van der Waals surface area contributed by atoms with Crippen LogP contribution in [0.3, 0.4) is 0 Å². The lowest BCUT2D eigenvalue weighted by Crippen LogP contribution is -2.39. The van der Waals surface area contributed by atoms with Crippen LogP contribution in [0.15, 0.2) is 66.7 Å². The number of rotatable bonds is 3. The molecule has 1 amide bonds. The zero-order valence-electron chi connectivity index (χ0n) is 20.0. The van der Waals surface area contributed by atoms with Gasteiger partial charge in [0.05, 0.1) is 24.4 Å². The molecule has 0 saturated carbocycles. The number of benzene rings is 3. The summed E-state index contributed by atoms with van der Waals surface area (Å²) in [4.78, 5) is 15.7. The Hall–Kier alpha value is -3.27. The molecular formula is C30H32N2O2. The molecule has 2 heterocycles. The Bertz CT molecular complexity index is 1270. The predicted molar refractivity (Wildman–Crippen MR) is 138 cm³/mol. The third-order valence-corrected chi connectivity index (χ3v) is 8.16. The number of ether oxygens (including phenoxy) is 1. The minimum absolute atomic E-state index is 0.0591. The molecule has 1 N–H and O–H groups in total. The van der Waals surface area contributed by atoms with Crippen LogP contribution in [0, 0.1) is 11.8 Å². The molecule has 3 aromatic rings. The SMILES string of the molecule is COc1ccc2ccccc2c1C1Nc2c(C(=O)N3CCC(C)CC3)cccc2C2C=CCC21. The smallest absolute Gasteiger partial charge is 0.255 e. The van der Waals surface area contributed by atoms with E-state index in [9.17, 15) is 4.79 Å². The van der Waals surface area contributed by atoms with Crippen molar-refractivity contribution < 1.29 is 9.53 Å². The van der Waals surface area contributed by atoms with Crippen molar-refractivity contribution in [2.24, 2.45) is 11.8 Å². The van der Waals surface area contributed by atoms with Gasteiger partial charge in [-0.05, 0) is 59.6 Å². The van der Waals surface area contributed by atoms with Crippen molar-refractivity contribution in [1.29, 1.82) is 0 Å². The summed E-state index contributed by atoms with van der Waals surface area (Å²) in [6, 6.07) is 19.1. The maximum atomic E-state index is 13.7. The second-order valence-electron chi connectivity index (χ2n) is 10.1. The Morgan fingerprint density at radius 2 is 1.85 bits per heavy atom. The largest absolute Gasteiger partial charge is 0.496 e. The van der Waals surface area contributed by atoms with Gasteiger partial charge in [0.25, 0.3) is 5.91 Å². The summed E-state index contributed by atoms with van der Waals surface area (Å²) in [6.07, 6.45) is 7.81. The number of carbonyl (C=O) groups excluding carboxylic acids is 1. The van der Waals surface area contributed by atoms with Crippen molar-refractivity contribution in [1.82, 2.24) is 4.90 Å². The summed E-state index contributed by atoms with van der Waals surface area (Å²) in [5, 5.41) is 6.30. The zero-order chi connectivity index (χ0) is 23.2. The van der Waals surface area contributed by atoms with Crippen LogP contribution < -0.4 is 10.1 Å². The third-order valence-electron chi connectivity index (χ3n) is 8.16. The number of fused-ring (bicyclic) bond motifs is 4. The molecule has 4 nitrogen and oxygen atoms in total. The molecule has 3 unspecified atom stereocenters. The molecule has 3 aromatic carbocycles. The van der Waals surface area contributed by atoms with Crippen molar-refractivity contribution in [3.8, 4) is 5.75 Å². The van der Waals surface area contributed by atoms with Crippen LogP contribution in [0.25, 0.3) is 10.8 Å². The lowest BCUT2D eigenvalue weighted by Gasteiger charge is -2.40. The van der Waals surface area contributed by atoms with Gasteiger partial charge in [-0.2, -0.15) is 0 Å². The van der Waals surface area contributed by atoms with E-state index >= 15 is 0 Å². The molecule has 0 spiro atoms. The van der Waals surface area contributed by atoms with Crippen LogP contribution in [0.2, 0.25) is 0 Å². The maximum absolute atomic E-state index is 13.7. The molecule has 1 saturated heterocycles. The summed E-state index contributed by atoms with van der Waals surface area (Å²) in [5.74, 6) is 2.42. The highest BCUT2D eigenvalue weighted by Gasteiger charge is 2.41. The van der Waals surface area contributed by atoms with E-state index in [0.717, 1.165) is 49.4 Å². The van der Waals surface area contributed by atoms with Gasteiger partial charge in [-0.3, -0.25) is 4.79 Å². The monoisotopic (exact) mass is 452 g/mol. The maximum Gasteiger partial charge on any atom is 0.255 e. The normalized spacial score (nSPS) is 23.9.